The Morgan fingerprint density at radius 2 is 1.81 bits per heavy atom. The lowest BCUT2D eigenvalue weighted by Gasteiger charge is -2.10. The topological polar surface area (TPSA) is 83.1 Å². The summed E-state index contributed by atoms with van der Waals surface area (Å²) < 4.78 is 10.3. The first-order valence-electron chi connectivity index (χ1n) is 5.97. The van der Waals surface area contributed by atoms with Crippen LogP contribution >= 0.6 is 11.3 Å². The van der Waals surface area contributed by atoms with Crippen molar-refractivity contribution in [2.75, 3.05) is 14.2 Å². The Labute approximate surface area is 125 Å². The molecule has 0 saturated carbocycles. The maximum Gasteiger partial charge on any atom is 0.373 e. The zero-order valence-corrected chi connectivity index (χ0v) is 12.3. The number of carbonyl (C=O) groups is 1. The van der Waals surface area contributed by atoms with Gasteiger partial charge in [-0.25, -0.2) is 4.79 Å². The maximum absolute atomic E-state index is 12.1. The van der Waals surface area contributed by atoms with Crippen molar-refractivity contribution in [2.45, 2.75) is 0 Å². The first kappa shape index (κ1) is 14.9. The molecule has 0 amide bonds. The average Bonchev–Trinajstić information content (AvgIpc) is 3.05. The van der Waals surface area contributed by atoms with Gasteiger partial charge in [-0.15, -0.1) is 11.3 Å². The number of hydrogen-bond donors (Lipinski definition) is 1. The molecule has 0 fully saturated rings. The van der Waals surface area contributed by atoms with E-state index < -0.39 is 5.97 Å². The van der Waals surface area contributed by atoms with Crippen LogP contribution in [0, 0.1) is 0 Å². The van der Waals surface area contributed by atoms with Crippen LogP contribution in [0.2, 0.25) is 0 Å². The number of methoxy groups -OCH3 is 2. The Bertz CT molecular complexity index is 631. The van der Waals surface area contributed by atoms with E-state index in [0.717, 1.165) is 4.88 Å². The fourth-order valence-corrected chi connectivity index (χ4v) is 2.28. The molecule has 0 atom stereocenters. The summed E-state index contributed by atoms with van der Waals surface area (Å²) >= 11 is 1.40. The minimum atomic E-state index is -0.705. The van der Waals surface area contributed by atoms with E-state index in [1.807, 2.05) is 11.4 Å². The van der Waals surface area contributed by atoms with E-state index in [2.05, 4.69) is 5.16 Å². The summed E-state index contributed by atoms with van der Waals surface area (Å²) in [5.74, 6) is 0.101. The van der Waals surface area contributed by atoms with E-state index in [-0.39, 0.29) is 11.4 Å². The summed E-state index contributed by atoms with van der Waals surface area (Å²) in [4.78, 5) is 17.7. The van der Waals surface area contributed by atoms with Crippen LogP contribution in [-0.2, 0) is 4.84 Å². The molecule has 2 aromatic rings. The number of benzene rings is 1. The highest BCUT2D eigenvalue weighted by atomic mass is 32.1. The lowest BCUT2D eigenvalue weighted by atomic mass is 10.2. The van der Waals surface area contributed by atoms with E-state index in [4.69, 9.17) is 20.0 Å². The summed E-state index contributed by atoms with van der Waals surface area (Å²) in [6.07, 6.45) is 0. The van der Waals surface area contributed by atoms with Gasteiger partial charge in [-0.2, -0.15) is 0 Å². The van der Waals surface area contributed by atoms with Gasteiger partial charge >= 0.3 is 5.97 Å². The summed E-state index contributed by atoms with van der Waals surface area (Å²) in [6.45, 7) is 0. The first-order chi connectivity index (χ1) is 10.2. The van der Waals surface area contributed by atoms with Crippen LogP contribution < -0.4 is 15.2 Å². The summed E-state index contributed by atoms with van der Waals surface area (Å²) in [5, 5.41) is 5.49. The predicted molar refractivity (Wildman–Crippen MR) is 80.0 cm³/mol. The molecule has 0 aliphatic heterocycles. The minimum absolute atomic E-state index is 0.132. The van der Waals surface area contributed by atoms with Gasteiger partial charge in [0.2, 0.25) is 0 Å². The highest BCUT2D eigenvalue weighted by Gasteiger charge is 2.20. The number of amidine groups is 1. The van der Waals surface area contributed by atoms with Crippen molar-refractivity contribution in [1.82, 2.24) is 0 Å². The molecular formula is C14H14N2O4S. The molecule has 0 spiro atoms. The second-order valence-corrected chi connectivity index (χ2v) is 4.82. The number of thiophene rings is 1. The van der Waals surface area contributed by atoms with E-state index >= 15 is 0 Å². The Morgan fingerprint density at radius 1 is 1.14 bits per heavy atom. The summed E-state index contributed by atoms with van der Waals surface area (Å²) in [7, 11) is 2.91. The Kier molecular flexibility index (Phi) is 4.78. The van der Waals surface area contributed by atoms with Crippen molar-refractivity contribution in [3.63, 3.8) is 0 Å². The first-order valence-corrected chi connectivity index (χ1v) is 6.85. The molecule has 6 nitrogen and oxygen atoms in total. The molecule has 2 N–H and O–H groups in total. The van der Waals surface area contributed by atoms with Gasteiger partial charge in [0.15, 0.2) is 5.84 Å². The lowest BCUT2D eigenvalue weighted by Crippen LogP contribution is -2.14. The lowest BCUT2D eigenvalue weighted by molar-refractivity contribution is 0.0508. The molecule has 1 aromatic heterocycles. The van der Waals surface area contributed by atoms with Gasteiger partial charge < -0.3 is 20.0 Å². The number of hydrogen-bond acceptors (Lipinski definition) is 6. The van der Waals surface area contributed by atoms with Crippen molar-refractivity contribution in [2.24, 2.45) is 10.9 Å². The molecule has 1 heterocycles. The molecular weight excluding hydrogens is 292 g/mol. The van der Waals surface area contributed by atoms with Gasteiger partial charge in [-0.05, 0) is 23.6 Å². The highest BCUT2D eigenvalue weighted by molar-refractivity contribution is 7.12. The number of oxime groups is 1. The van der Waals surface area contributed by atoms with E-state index in [9.17, 15) is 4.79 Å². The third-order valence-corrected chi connectivity index (χ3v) is 3.52. The van der Waals surface area contributed by atoms with Crippen molar-refractivity contribution in [1.29, 1.82) is 0 Å². The monoisotopic (exact) mass is 306 g/mol. The van der Waals surface area contributed by atoms with Crippen LogP contribution in [0.5, 0.6) is 11.5 Å². The molecule has 0 radical (unpaired) electrons. The SMILES string of the molecule is COc1cccc(OC)c1C(=O)O/N=C(\N)c1cccs1. The smallest absolute Gasteiger partial charge is 0.373 e. The average molecular weight is 306 g/mol. The van der Waals surface area contributed by atoms with E-state index in [1.54, 1.807) is 24.3 Å². The van der Waals surface area contributed by atoms with Crippen LogP contribution in [0.4, 0.5) is 0 Å². The number of nitrogens with two attached hydrogens (primary N) is 1. The molecule has 110 valence electrons. The third-order valence-electron chi connectivity index (χ3n) is 2.63. The minimum Gasteiger partial charge on any atom is -0.496 e. The molecule has 0 saturated heterocycles. The molecule has 0 bridgehead atoms. The number of nitrogens with zero attached hydrogens (tertiary/aromatic N) is 1. The van der Waals surface area contributed by atoms with Crippen LogP contribution in [-0.4, -0.2) is 26.0 Å². The van der Waals surface area contributed by atoms with Crippen LogP contribution in [0.25, 0.3) is 0 Å². The summed E-state index contributed by atoms with van der Waals surface area (Å²) in [6, 6.07) is 8.57. The van der Waals surface area contributed by atoms with Gasteiger partial charge in [0.25, 0.3) is 0 Å². The second kappa shape index (κ2) is 6.76. The second-order valence-electron chi connectivity index (χ2n) is 3.87. The number of ether oxygens (including phenoxy) is 2. The van der Waals surface area contributed by atoms with Gasteiger partial charge in [0.05, 0.1) is 19.1 Å². The van der Waals surface area contributed by atoms with Gasteiger partial charge in [-0.3, -0.25) is 0 Å². The van der Waals surface area contributed by atoms with Crippen molar-refractivity contribution in [3.05, 3.63) is 46.2 Å². The number of rotatable bonds is 5. The fraction of sp³-hybridized carbons (Fsp3) is 0.143. The third kappa shape index (κ3) is 3.32. The van der Waals surface area contributed by atoms with E-state index in [1.165, 1.54) is 25.6 Å². The molecule has 2 rings (SSSR count). The predicted octanol–water partition coefficient (Wildman–Crippen LogP) is 2.24. The van der Waals surface area contributed by atoms with Gasteiger partial charge in [-0.1, -0.05) is 17.3 Å². The van der Waals surface area contributed by atoms with E-state index in [0.29, 0.717) is 11.5 Å². The van der Waals surface area contributed by atoms with Crippen molar-refractivity contribution < 1.29 is 19.1 Å². The van der Waals surface area contributed by atoms with Crippen LogP contribution in [0.1, 0.15) is 15.2 Å². The molecule has 1 aromatic carbocycles. The summed E-state index contributed by atoms with van der Waals surface area (Å²) in [5.41, 5.74) is 5.89. The van der Waals surface area contributed by atoms with Gasteiger partial charge in [0.1, 0.15) is 17.1 Å². The Hall–Kier alpha value is -2.54. The van der Waals surface area contributed by atoms with Crippen LogP contribution in [0.15, 0.2) is 40.9 Å². The molecule has 0 unspecified atom stereocenters. The molecule has 0 aliphatic rings. The normalized spacial score (nSPS) is 11.0. The van der Waals surface area contributed by atoms with Crippen molar-refractivity contribution >= 4 is 23.1 Å². The van der Waals surface area contributed by atoms with Crippen molar-refractivity contribution in [3.8, 4) is 11.5 Å². The fourth-order valence-electron chi connectivity index (χ4n) is 1.66. The largest absolute Gasteiger partial charge is 0.496 e. The standard InChI is InChI=1S/C14H14N2O4S/c1-18-9-5-3-6-10(19-2)12(9)14(17)20-16-13(15)11-7-4-8-21-11/h3-8H,1-2H3,(H2,15,16). The zero-order valence-electron chi connectivity index (χ0n) is 11.5. The van der Waals surface area contributed by atoms with Crippen LogP contribution in [0.3, 0.4) is 0 Å². The molecule has 7 heteroatoms. The molecule has 0 aliphatic carbocycles. The maximum atomic E-state index is 12.1. The highest BCUT2D eigenvalue weighted by Crippen LogP contribution is 2.28. The number of carbonyl (C=O) groups excluding carboxylic acids is 1. The zero-order chi connectivity index (χ0) is 15.2. The quantitative estimate of drug-likeness (QED) is 0.396. The van der Waals surface area contributed by atoms with Gasteiger partial charge in [0, 0.05) is 0 Å². The Morgan fingerprint density at radius 3 is 2.33 bits per heavy atom. The Balaban J connectivity index is 2.23. The molecule has 21 heavy (non-hydrogen) atoms.